The summed E-state index contributed by atoms with van der Waals surface area (Å²) in [6.07, 6.45) is 3.82. The van der Waals surface area contributed by atoms with Gasteiger partial charge >= 0.3 is 0 Å². The zero-order chi connectivity index (χ0) is 18.5. The maximum atomic E-state index is 5.20. The number of ether oxygens (including phenoxy) is 1. The fraction of sp³-hybridized carbons (Fsp3) is 0.158. The molecule has 0 radical (unpaired) electrons. The van der Waals surface area contributed by atoms with E-state index in [2.05, 4.69) is 37.2 Å². The average molecular weight is 378 g/mol. The van der Waals surface area contributed by atoms with Gasteiger partial charge in [0.15, 0.2) is 0 Å². The average Bonchev–Trinajstić information content (AvgIpc) is 3.36. The highest BCUT2D eigenvalue weighted by molar-refractivity contribution is 7.98. The highest BCUT2D eigenvalue weighted by atomic mass is 32.2. The van der Waals surface area contributed by atoms with E-state index in [4.69, 9.17) is 4.74 Å². The molecule has 4 aromatic rings. The van der Waals surface area contributed by atoms with Gasteiger partial charge in [0.05, 0.1) is 18.6 Å². The van der Waals surface area contributed by atoms with Crippen LogP contribution in [0, 0.1) is 0 Å². The Morgan fingerprint density at radius 1 is 1.04 bits per heavy atom. The fourth-order valence-electron chi connectivity index (χ4n) is 2.69. The summed E-state index contributed by atoms with van der Waals surface area (Å²) in [4.78, 5) is 4.48. The summed E-state index contributed by atoms with van der Waals surface area (Å²) >= 11 is 1.55. The van der Waals surface area contributed by atoms with Crippen LogP contribution in [0.4, 0.5) is 0 Å². The van der Waals surface area contributed by atoms with Gasteiger partial charge in [-0.25, -0.2) is 4.98 Å². The molecular formula is C19H18N6OS. The molecule has 2 aromatic heterocycles. The van der Waals surface area contributed by atoms with Gasteiger partial charge in [0.1, 0.15) is 11.6 Å². The molecule has 0 fully saturated rings. The summed E-state index contributed by atoms with van der Waals surface area (Å²) in [7, 11) is 1.64. The highest BCUT2D eigenvalue weighted by Gasteiger charge is 2.12. The molecule has 4 rings (SSSR count). The predicted molar refractivity (Wildman–Crippen MR) is 103 cm³/mol. The Morgan fingerprint density at radius 3 is 2.63 bits per heavy atom. The van der Waals surface area contributed by atoms with Crippen molar-refractivity contribution in [3.05, 3.63) is 78.4 Å². The van der Waals surface area contributed by atoms with Crippen LogP contribution in [0.1, 0.15) is 11.4 Å². The zero-order valence-electron chi connectivity index (χ0n) is 14.8. The van der Waals surface area contributed by atoms with E-state index in [1.165, 1.54) is 5.56 Å². The standard InChI is InChI=1S/C19H18N6OS/c1-26-17-9-7-16(8-10-17)25-19(21-22-23-25)27-14-18-20-11-12-24(18)13-15-5-3-2-4-6-15/h2-12H,13-14H2,1H3. The molecule has 136 valence electrons. The third-order valence-corrected chi connectivity index (χ3v) is 5.00. The van der Waals surface area contributed by atoms with E-state index in [0.29, 0.717) is 5.75 Å². The molecule has 0 amide bonds. The number of rotatable bonds is 7. The van der Waals surface area contributed by atoms with Crippen molar-refractivity contribution in [2.24, 2.45) is 0 Å². The third-order valence-electron chi connectivity index (χ3n) is 4.09. The lowest BCUT2D eigenvalue weighted by atomic mass is 10.2. The first kappa shape index (κ1) is 17.3. The molecule has 0 saturated carbocycles. The molecular weight excluding hydrogens is 360 g/mol. The van der Waals surface area contributed by atoms with Gasteiger partial charge in [-0.15, -0.1) is 5.10 Å². The van der Waals surface area contributed by atoms with Gasteiger partial charge < -0.3 is 9.30 Å². The van der Waals surface area contributed by atoms with Crippen molar-refractivity contribution in [3.63, 3.8) is 0 Å². The summed E-state index contributed by atoms with van der Waals surface area (Å²) in [5, 5.41) is 12.8. The van der Waals surface area contributed by atoms with Crippen LogP contribution < -0.4 is 4.74 Å². The summed E-state index contributed by atoms with van der Waals surface area (Å²) in [6.45, 7) is 0.792. The quantitative estimate of drug-likeness (QED) is 0.460. The number of aromatic nitrogens is 6. The molecule has 8 heteroatoms. The Kier molecular flexibility index (Phi) is 5.15. The zero-order valence-corrected chi connectivity index (χ0v) is 15.6. The van der Waals surface area contributed by atoms with Crippen LogP contribution in [0.15, 0.2) is 72.1 Å². The second kappa shape index (κ2) is 8.05. The molecule has 27 heavy (non-hydrogen) atoms. The lowest BCUT2D eigenvalue weighted by Crippen LogP contribution is -2.04. The van der Waals surface area contributed by atoms with Crippen LogP contribution in [0.25, 0.3) is 5.69 Å². The van der Waals surface area contributed by atoms with Gasteiger partial charge in [-0.1, -0.05) is 42.1 Å². The summed E-state index contributed by atoms with van der Waals surface area (Å²) in [6, 6.07) is 18.0. The van der Waals surface area contributed by atoms with Gasteiger partial charge in [0.25, 0.3) is 0 Å². The number of imidazole rings is 1. The molecule has 0 bridgehead atoms. The van der Waals surface area contributed by atoms with E-state index in [0.717, 1.165) is 29.0 Å². The molecule has 0 N–H and O–H groups in total. The molecule has 0 spiro atoms. The second-order valence-electron chi connectivity index (χ2n) is 5.82. The Labute approximate surface area is 161 Å². The van der Waals surface area contributed by atoms with Crippen molar-refractivity contribution < 1.29 is 4.74 Å². The van der Waals surface area contributed by atoms with Crippen molar-refractivity contribution in [1.82, 2.24) is 29.8 Å². The minimum Gasteiger partial charge on any atom is -0.497 e. The molecule has 0 saturated heterocycles. The van der Waals surface area contributed by atoms with E-state index in [9.17, 15) is 0 Å². The lowest BCUT2D eigenvalue weighted by molar-refractivity contribution is 0.414. The fourth-order valence-corrected chi connectivity index (χ4v) is 3.54. The number of hydrogen-bond donors (Lipinski definition) is 0. The van der Waals surface area contributed by atoms with Crippen molar-refractivity contribution in [2.75, 3.05) is 7.11 Å². The Bertz CT molecular complexity index is 996. The van der Waals surface area contributed by atoms with Crippen molar-refractivity contribution in [3.8, 4) is 11.4 Å². The highest BCUT2D eigenvalue weighted by Crippen LogP contribution is 2.23. The van der Waals surface area contributed by atoms with E-state index in [-0.39, 0.29) is 0 Å². The van der Waals surface area contributed by atoms with Crippen LogP contribution in [-0.4, -0.2) is 36.9 Å². The minimum atomic E-state index is 0.677. The summed E-state index contributed by atoms with van der Waals surface area (Å²) in [5.74, 6) is 2.45. The largest absolute Gasteiger partial charge is 0.497 e. The normalized spacial score (nSPS) is 10.9. The van der Waals surface area contributed by atoms with Crippen LogP contribution >= 0.6 is 11.8 Å². The van der Waals surface area contributed by atoms with Gasteiger partial charge in [-0.2, -0.15) is 4.68 Å². The Balaban J connectivity index is 1.47. The Morgan fingerprint density at radius 2 is 1.85 bits per heavy atom. The number of hydrogen-bond acceptors (Lipinski definition) is 6. The second-order valence-corrected chi connectivity index (χ2v) is 6.76. The summed E-state index contributed by atoms with van der Waals surface area (Å²) in [5.41, 5.74) is 2.13. The number of benzene rings is 2. The van der Waals surface area contributed by atoms with Crippen LogP contribution in [0.3, 0.4) is 0 Å². The molecule has 7 nitrogen and oxygen atoms in total. The topological polar surface area (TPSA) is 70.7 Å². The first-order valence-corrected chi connectivity index (χ1v) is 9.41. The van der Waals surface area contributed by atoms with E-state index in [1.54, 1.807) is 23.6 Å². The molecule has 0 aliphatic heterocycles. The third kappa shape index (κ3) is 4.01. The molecule has 0 atom stereocenters. The van der Waals surface area contributed by atoms with Crippen molar-refractivity contribution >= 4 is 11.8 Å². The van der Waals surface area contributed by atoms with E-state index < -0.39 is 0 Å². The Hall–Kier alpha value is -3.13. The van der Waals surface area contributed by atoms with Gasteiger partial charge in [0.2, 0.25) is 5.16 Å². The molecule has 2 heterocycles. The molecule has 0 aliphatic rings. The van der Waals surface area contributed by atoms with Gasteiger partial charge in [-0.05, 0) is 40.3 Å². The molecule has 2 aromatic carbocycles. The first-order chi connectivity index (χ1) is 13.3. The number of thioether (sulfide) groups is 1. The van der Waals surface area contributed by atoms with E-state index in [1.807, 2.05) is 54.9 Å². The van der Waals surface area contributed by atoms with E-state index >= 15 is 0 Å². The predicted octanol–water partition coefficient (Wildman–Crippen LogP) is 3.21. The lowest BCUT2D eigenvalue weighted by Gasteiger charge is -2.08. The SMILES string of the molecule is COc1ccc(-n2nnnc2SCc2nccn2Cc2ccccc2)cc1. The van der Waals surface area contributed by atoms with Crippen molar-refractivity contribution in [2.45, 2.75) is 17.5 Å². The number of nitrogens with zero attached hydrogens (tertiary/aromatic N) is 6. The number of methoxy groups -OCH3 is 1. The maximum Gasteiger partial charge on any atom is 0.214 e. The van der Waals surface area contributed by atoms with Crippen LogP contribution in [0.2, 0.25) is 0 Å². The first-order valence-electron chi connectivity index (χ1n) is 8.43. The van der Waals surface area contributed by atoms with Crippen LogP contribution in [0.5, 0.6) is 5.75 Å². The monoisotopic (exact) mass is 378 g/mol. The minimum absolute atomic E-state index is 0.677. The molecule has 0 aliphatic carbocycles. The molecule has 0 unspecified atom stereocenters. The van der Waals surface area contributed by atoms with Gasteiger partial charge in [0, 0.05) is 18.9 Å². The van der Waals surface area contributed by atoms with Gasteiger partial charge in [-0.3, -0.25) is 0 Å². The maximum absolute atomic E-state index is 5.20. The summed E-state index contributed by atoms with van der Waals surface area (Å²) < 4.78 is 9.06. The van der Waals surface area contributed by atoms with Crippen molar-refractivity contribution in [1.29, 1.82) is 0 Å². The smallest absolute Gasteiger partial charge is 0.214 e. The van der Waals surface area contributed by atoms with Crippen LogP contribution in [-0.2, 0) is 12.3 Å². The number of tetrazole rings is 1.